The molecular weight excluding hydrogens is 300 g/mol. The number of benzene rings is 1. The Kier molecular flexibility index (Phi) is 4.34. The first-order valence-electron chi connectivity index (χ1n) is 6.85. The van der Waals surface area contributed by atoms with Gasteiger partial charge in [-0.1, -0.05) is 25.1 Å². The molecule has 2 heterocycles. The van der Waals surface area contributed by atoms with Crippen molar-refractivity contribution in [2.45, 2.75) is 13.5 Å². The average molecular weight is 316 g/mol. The van der Waals surface area contributed by atoms with E-state index in [4.69, 9.17) is 0 Å². The van der Waals surface area contributed by atoms with Gasteiger partial charge < -0.3 is 10.6 Å². The number of fused-ring (bicyclic) bond motifs is 1. The molecule has 0 saturated carbocycles. The fourth-order valence-electron chi connectivity index (χ4n) is 2.12. The zero-order valence-corrected chi connectivity index (χ0v) is 13.3. The van der Waals surface area contributed by atoms with Gasteiger partial charge in [0.2, 0.25) is 0 Å². The summed E-state index contributed by atoms with van der Waals surface area (Å²) in [6, 6.07) is 11.9. The molecule has 0 unspecified atom stereocenters. The molecule has 0 aliphatic carbocycles. The molecule has 0 bridgehead atoms. The van der Waals surface area contributed by atoms with Crippen molar-refractivity contribution in [3.63, 3.8) is 0 Å². The first-order valence-corrected chi connectivity index (χ1v) is 8.54. The van der Waals surface area contributed by atoms with E-state index in [0.29, 0.717) is 0 Å². The number of thiophene rings is 2. The Morgan fingerprint density at radius 1 is 1.19 bits per heavy atom. The van der Waals surface area contributed by atoms with Gasteiger partial charge in [-0.2, -0.15) is 0 Å². The maximum Gasteiger partial charge on any atom is 0.265 e. The number of anilines is 1. The quantitative estimate of drug-likeness (QED) is 0.736. The van der Waals surface area contributed by atoms with E-state index < -0.39 is 0 Å². The summed E-state index contributed by atoms with van der Waals surface area (Å²) in [6.45, 7) is 3.73. The van der Waals surface area contributed by atoms with Crippen LogP contribution in [0.5, 0.6) is 0 Å². The second-order valence-electron chi connectivity index (χ2n) is 4.65. The smallest absolute Gasteiger partial charge is 0.265 e. The van der Waals surface area contributed by atoms with E-state index in [1.807, 2.05) is 30.3 Å². The number of carbonyl (C=O) groups excluding carboxylic acids is 1. The Hall–Kier alpha value is -1.69. The molecule has 21 heavy (non-hydrogen) atoms. The Balaban J connectivity index is 1.79. The predicted octanol–water partition coefficient (Wildman–Crippen LogP) is 4.32. The highest BCUT2D eigenvalue weighted by Crippen LogP contribution is 2.30. The molecule has 0 radical (unpaired) electrons. The fourth-order valence-corrected chi connectivity index (χ4v) is 4.12. The van der Waals surface area contributed by atoms with Crippen LogP contribution in [0.25, 0.3) is 9.40 Å². The lowest BCUT2D eigenvalue weighted by Crippen LogP contribution is -2.16. The number of amides is 1. The highest BCUT2D eigenvalue weighted by molar-refractivity contribution is 7.27. The van der Waals surface area contributed by atoms with Gasteiger partial charge in [0.15, 0.2) is 0 Å². The zero-order chi connectivity index (χ0) is 14.7. The van der Waals surface area contributed by atoms with Crippen molar-refractivity contribution in [1.29, 1.82) is 0 Å². The predicted molar refractivity (Wildman–Crippen MR) is 91.5 cm³/mol. The SMILES string of the molecule is CCNCc1ccccc1NC(=O)c1cc2sccc2s1. The number of hydrogen-bond donors (Lipinski definition) is 2. The van der Waals surface area contributed by atoms with Crippen LogP contribution in [-0.4, -0.2) is 12.5 Å². The van der Waals surface area contributed by atoms with E-state index in [9.17, 15) is 4.79 Å². The molecule has 3 nitrogen and oxygen atoms in total. The monoisotopic (exact) mass is 316 g/mol. The van der Waals surface area contributed by atoms with Gasteiger partial charge in [0.05, 0.1) is 4.88 Å². The van der Waals surface area contributed by atoms with Crippen LogP contribution < -0.4 is 10.6 Å². The van der Waals surface area contributed by atoms with E-state index in [1.54, 1.807) is 11.3 Å². The topological polar surface area (TPSA) is 41.1 Å². The van der Waals surface area contributed by atoms with Crippen molar-refractivity contribution >= 4 is 43.7 Å². The average Bonchev–Trinajstić information content (AvgIpc) is 3.07. The Labute approximate surface area is 131 Å². The molecule has 1 aromatic carbocycles. The molecule has 3 aromatic rings. The lowest BCUT2D eigenvalue weighted by molar-refractivity contribution is 0.103. The second kappa shape index (κ2) is 6.39. The van der Waals surface area contributed by atoms with Gasteiger partial charge in [0, 0.05) is 21.6 Å². The van der Waals surface area contributed by atoms with E-state index in [1.165, 1.54) is 20.7 Å². The molecule has 0 fully saturated rings. The van der Waals surface area contributed by atoms with Crippen LogP contribution in [0.15, 0.2) is 41.8 Å². The van der Waals surface area contributed by atoms with Crippen LogP contribution in [0.2, 0.25) is 0 Å². The van der Waals surface area contributed by atoms with E-state index in [2.05, 4.69) is 29.0 Å². The van der Waals surface area contributed by atoms with Crippen molar-refractivity contribution in [1.82, 2.24) is 5.32 Å². The van der Waals surface area contributed by atoms with E-state index >= 15 is 0 Å². The maximum absolute atomic E-state index is 12.4. The molecular formula is C16H16N2OS2. The normalized spacial score (nSPS) is 10.9. The van der Waals surface area contributed by atoms with Crippen molar-refractivity contribution in [2.24, 2.45) is 0 Å². The van der Waals surface area contributed by atoms with Gasteiger partial charge in [0.25, 0.3) is 5.91 Å². The minimum Gasteiger partial charge on any atom is -0.321 e. The van der Waals surface area contributed by atoms with Crippen molar-refractivity contribution < 1.29 is 4.79 Å². The molecule has 2 aromatic heterocycles. The van der Waals surface area contributed by atoms with Gasteiger partial charge in [-0.25, -0.2) is 0 Å². The second-order valence-corrected chi connectivity index (χ2v) is 6.68. The maximum atomic E-state index is 12.4. The lowest BCUT2D eigenvalue weighted by Gasteiger charge is -2.10. The number of carbonyl (C=O) groups is 1. The first-order chi connectivity index (χ1) is 10.3. The Bertz CT molecular complexity index is 732. The third-order valence-electron chi connectivity index (χ3n) is 3.19. The third kappa shape index (κ3) is 3.15. The molecule has 0 aliphatic rings. The number of para-hydroxylation sites is 1. The van der Waals surface area contributed by atoms with Crippen LogP contribution >= 0.6 is 22.7 Å². The Morgan fingerprint density at radius 2 is 2.05 bits per heavy atom. The summed E-state index contributed by atoms with van der Waals surface area (Å²) in [4.78, 5) is 13.2. The molecule has 0 saturated heterocycles. The van der Waals surface area contributed by atoms with Gasteiger partial charge in [-0.05, 0) is 35.7 Å². The number of rotatable bonds is 5. The largest absolute Gasteiger partial charge is 0.321 e. The minimum absolute atomic E-state index is 0.0349. The van der Waals surface area contributed by atoms with Gasteiger partial charge >= 0.3 is 0 Å². The van der Waals surface area contributed by atoms with Crippen LogP contribution in [0.3, 0.4) is 0 Å². The first kappa shape index (κ1) is 14.3. The van der Waals surface area contributed by atoms with Gasteiger partial charge in [-0.15, -0.1) is 22.7 Å². The summed E-state index contributed by atoms with van der Waals surface area (Å²) >= 11 is 3.20. The lowest BCUT2D eigenvalue weighted by atomic mass is 10.1. The molecule has 3 rings (SSSR count). The van der Waals surface area contributed by atoms with Crippen LogP contribution in [-0.2, 0) is 6.54 Å². The highest BCUT2D eigenvalue weighted by Gasteiger charge is 2.12. The third-order valence-corrected chi connectivity index (χ3v) is 5.29. The number of nitrogens with one attached hydrogen (secondary N) is 2. The summed E-state index contributed by atoms with van der Waals surface area (Å²) in [5, 5.41) is 8.36. The molecule has 0 aliphatic heterocycles. The summed E-state index contributed by atoms with van der Waals surface area (Å²) in [6.07, 6.45) is 0. The summed E-state index contributed by atoms with van der Waals surface area (Å²) < 4.78 is 2.34. The van der Waals surface area contributed by atoms with Crippen molar-refractivity contribution in [3.05, 3.63) is 52.2 Å². The van der Waals surface area contributed by atoms with Crippen LogP contribution in [0.1, 0.15) is 22.2 Å². The standard InChI is InChI=1S/C16H16N2OS2/c1-2-17-10-11-5-3-4-6-12(11)18-16(19)15-9-14-13(21-15)7-8-20-14/h3-9,17H,2,10H2,1H3,(H,18,19). The van der Waals surface area contributed by atoms with Gasteiger partial charge in [-0.3, -0.25) is 4.79 Å². The minimum atomic E-state index is -0.0349. The van der Waals surface area contributed by atoms with Crippen molar-refractivity contribution in [2.75, 3.05) is 11.9 Å². The van der Waals surface area contributed by atoms with E-state index in [0.717, 1.165) is 29.2 Å². The van der Waals surface area contributed by atoms with E-state index in [-0.39, 0.29) is 5.91 Å². The zero-order valence-electron chi connectivity index (χ0n) is 11.7. The molecule has 2 N–H and O–H groups in total. The van der Waals surface area contributed by atoms with Gasteiger partial charge in [0.1, 0.15) is 0 Å². The fraction of sp³-hybridized carbons (Fsp3) is 0.188. The van der Waals surface area contributed by atoms with Crippen LogP contribution in [0.4, 0.5) is 5.69 Å². The Morgan fingerprint density at radius 3 is 2.86 bits per heavy atom. The summed E-state index contributed by atoms with van der Waals surface area (Å²) in [5.41, 5.74) is 1.98. The molecule has 5 heteroatoms. The molecule has 0 spiro atoms. The highest BCUT2D eigenvalue weighted by atomic mass is 32.1. The number of hydrogen-bond acceptors (Lipinski definition) is 4. The molecule has 1 amide bonds. The van der Waals surface area contributed by atoms with Crippen LogP contribution in [0, 0.1) is 0 Å². The molecule has 108 valence electrons. The van der Waals surface area contributed by atoms with Crippen molar-refractivity contribution in [3.8, 4) is 0 Å². The molecule has 0 atom stereocenters. The summed E-state index contributed by atoms with van der Waals surface area (Å²) in [5.74, 6) is -0.0349. The summed E-state index contributed by atoms with van der Waals surface area (Å²) in [7, 11) is 0.